The molecule has 1 aromatic heterocycles. The number of nitrogens with zero attached hydrogens (tertiary/aromatic N) is 3. The van der Waals surface area contributed by atoms with Crippen molar-refractivity contribution in [3.63, 3.8) is 0 Å². The molecule has 0 saturated carbocycles. The first-order valence-electron chi connectivity index (χ1n) is 7.34. The van der Waals surface area contributed by atoms with Gasteiger partial charge in [-0.15, -0.1) is 0 Å². The minimum Gasteiger partial charge on any atom is -0.381 e. The standard InChI is InChI=1S/C14H20N4O3/c19-13(17-11-2-7-20-8-3-11)12-10-18(6-9-21-12)14-15-4-1-5-16-14/h1,4-5,11-12H,2-3,6-10H2,(H,17,19)/t12-/m0/s1. The maximum absolute atomic E-state index is 12.3. The molecule has 0 radical (unpaired) electrons. The largest absolute Gasteiger partial charge is 0.381 e. The molecule has 7 nitrogen and oxygen atoms in total. The molecule has 2 fully saturated rings. The van der Waals surface area contributed by atoms with Gasteiger partial charge in [0.15, 0.2) is 6.10 Å². The Hall–Kier alpha value is -1.73. The van der Waals surface area contributed by atoms with E-state index in [1.54, 1.807) is 18.5 Å². The summed E-state index contributed by atoms with van der Waals surface area (Å²) in [4.78, 5) is 22.7. The normalized spacial score (nSPS) is 23.8. The summed E-state index contributed by atoms with van der Waals surface area (Å²) < 4.78 is 10.9. The number of carbonyl (C=O) groups is 1. The van der Waals surface area contributed by atoms with Gasteiger partial charge in [0, 0.05) is 38.2 Å². The van der Waals surface area contributed by atoms with Crippen LogP contribution in [0.2, 0.25) is 0 Å². The zero-order valence-electron chi connectivity index (χ0n) is 11.9. The van der Waals surface area contributed by atoms with Crippen LogP contribution in [0.1, 0.15) is 12.8 Å². The summed E-state index contributed by atoms with van der Waals surface area (Å²) in [7, 11) is 0. The Kier molecular flexibility index (Phi) is 4.62. The van der Waals surface area contributed by atoms with Crippen LogP contribution in [0.25, 0.3) is 0 Å². The average Bonchev–Trinajstić information content (AvgIpc) is 2.57. The summed E-state index contributed by atoms with van der Waals surface area (Å²) in [6, 6.07) is 1.97. The lowest BCUT2D eigenvalue weighted by atomic mass is 10.1. The molecule has 2 saturated heterocycles. The first-order valence-corrected chi connectivity index (χ1v) is 7.34. The van der Waals surface area contributed by atoms with Crippen molar-refractivity contribution in [3.8, 4) is 0 Å². The van der Waals surface area contributed by atoms with E-state index in [0.717, 1.165) is 12.8 Å². The van der Waals surface area contributed by atoms with Gasteiger partial charge in [-0.3, -0.25) is 4.79 Å². The maximum atomic E-state index is 12.3. The van der Waals surface area contributed by atoms with Crippen molar-refractivity contribution in [2.75, 3.05) is 37.8 Å². The third-order valence-electron chi connectivity index (χ3n) is 3.76. The van der Waals surface area contributed by atoms with Crippen molar-refractivity contribution in [2.45, 2.75) is 25.0 Å². The zero-order valence-corrected chi connectivity index (χ0v) is 11.9. The number of aromatic nitrogens is 2. The molecule has 0 bridgehead atoms. The van der Waals surface area contributed by atoms with E-state index in [9.17, 15) is 4.79 Å². The molecule has 114 valence electrons. The maximum Gasteiger partial charge on any atom is 0.251 e. The van der Waals surface area contributed by atoms with Gasteiger partial charge < -0.3 is 19.7 Å². The third-order valence-corrected chi connectivity index (χ3v) is 3.76. The lowest BCUT2D eigenvalue weighted by Crippen LogP contribution is -2.52. The van der Waals surface area contributed by atoms with E-state index in [-0.39, 0.29) is 11.9 Å². The second-order valence-corrected chi connectivity index (χ2v) is 5.25. The molecule has 1 atom stereocenters. The van der Waals surface area contributed by atoms with Gasteiger partial charge in [0.05, 0.1) is 13.2 Å². The summed E-state index contributed by atoms with van der Waals surface area (Å²) in [5.74, 6) is 0.590. The van der Waals surface area contributed by atoms with Gasteiger partial charge >= 0.3 is 0 Å². The van der Waals surface area contributed by atoms with Crippen LogP contribution in [0.4, 0.5) is 5.95 Å². The number of carbonyl (C=O) groups excluding carboxylic acids is 1. The molecule has 0 spiro atoms. The topological polar surface area (TPSA) is 76.6 Å². The number of hydrogen-bond acceptors (Lipinski definition) is 6. The molecule has 21 heavy (non-hydrogen) atoms. The van der Waals surface area contributed by atoms with E-state index >= 15 is 0 Å². The highest BCUT2D eigenvalue weighted by Gasteiger charge is 2.29. The SMILES string of the molecule is O=C(NC1CCOCC1)[C@@H]1CN(c2ncccn2)CCO1. The van der Waals surface area contributed by atoms with Crippen molar-refractivity contribution in [2.24, 2.45) is 0 Å². The van der Waals surface area contributed by atoms with Crippen molar-refractivity contribution < 1.29 is 14.3 Å². The second kappa shape index (κ2) is 6.82. The fraction of sp³-hybridized carbons (Fsp3) is 0.643. The van der Waals surface area contributed by atoms with Crippen LogP contribution in [0.15, 0.2) is 18.5 Å². The molecule has 0 unspecified atom stereocenters. The molecule has 0 aromatic carbocycles. The summed E-state index contributed by atoms with van der Waals surface area (Å²) in [6.07, 6.45) is 4.67. The van der Waals surface area contributed by atoms with Gasteiger partial charge in [-0.05, 0) is 18.9 Å². The third kappa shape index (κ3) is 3.68. The fourth-order valence-corrected chi connectivity index (χ4v) is 2.58. The summed E-state index contributed by atoms with van der Waals surface area (Å²) >= 11 is 0. The number of rotatable bonds is 3. The molecule has 3 heterocycles. The number of anilines is 1. The van der Waals surface area contributed by atoms with E-state index in [4.69, 9.17) is 9.47 Å². The lowest BCUT2D eigenvalue weighted by molar-refractivity contribution is -0.134. The fourth-order valence-electron chi connectivity index (χ4n) is 2.58. The minimum absolute atomic E-state index is 0.0532. The lowest BCUT2D eigenvalue weighted by Gasteiger charge is -2.33. The number of nitrogens with one attached hydrogen (secondary N) is 1. The predicted octanol–water partition coefficient (Wildman–Crippen LogP) is -0.0230. The molecular weight excluding hydrogens is 272 g/mol. The monoisotopic (exact) mass is 292 g/mol. The number of morpholine rings is 1. The van der Waals surface area contributed by atoms with Crippen LogP contribution in [-0.4, -0.2) is 60.9 Å². The molecule has 2 aliphatic heterocycles. The van der Waals surface area contributed by atoms with Gasteiger partial charge in [0.25, 0.3) is 5.91 Å². The van der Waals surface area contributed by atoms with Crippen molar-refractivity contribution in [3.05, 3.63) is 18.5 Å². The van der Waals surface area contributed by atoms with Crippen molar-refractivity contribution in [1.82, 2.24) is 15.3 Å². The minimum atomic E-state index is -0.467. The highest BCUT2D eigenvalue weighted by molar-refractivity contribution is 5.82. The van der Waals surface area contributed by atoms with E-state index in [1.165, 1.54) is 0 Å². The van der Waals surface area contributed by atoms with Gasteiger partial charge in [0.1, 0.15) is 0 Å². The Morgan fingerprint density at radius 2 is 2.00 bits per heavy atom. The van der Waals surface area contributed by atoms with Crippen LogP contribution in [0.5, 0.6) is 0 Å². The first-order chi connectivity index (χ1) is 10.3. The second-order valence-electron chi connectivity index (χ2n) is 5.25. The molecule has 2 aliphatic rings. The quantitative estimate of drug-likeness (QED) is 0.843. The number of ether oxygens (including phenoxy) is 2. The number of amides is 1. The Morgan fingerprint density at radius 1 is 1.24 bits per heavy atom. The smallest absolute Gasteiger partial charge is 0.251 e. The Labute approximate surface area is 123 Å². The predicted molar refractivity (Wildman–Crippen MR) is 76.0 cm³/mol. The van der Waals surface area contributed by atoms with Crippen molar-refractivity contribution >= 4 is 11.9 Å². The molecule has 0 aliphatic carbocycles. The highest BCUT2D eigenvalue weighted by atomic mass is 16.5. The van der Waals surface area contributed by atoms with Gasteiger partial charge in [0.2, 0.25) is 5.95 Å². The summed E-state index contributed by atoms with van der Waals surface area (Å²) in [5.41, 5.74) is 0. The van der Waals surface area contributed by atoms with Crippen LogP contribution >= 0.6 is 0 Å². The molecule has 7 heteroatoms. The van der Waals surface area contributed by atoms with E-state index in [2.05, 4.69) is 15.3 Å². The Bertz CT molecular complexity index is 465. The summed E-state index contributed by atoms with van der Waals surface area (Å²) in [6.45, 7) is 3.11. The first kappa shape index (κ1) is 14.2. The highest BCUT2D eigenvalue weighted by Crippen LogP contribution is 2.13. The van der Waals surface area contributed by atoms with E-state index in [1.807, 2.05) is 4.90 Å². The van der Waals surface area contributed by atoms with E-state index < -0.39 is 6.10 Å². The van der Waals surface area contributed by atoms with Gasteiger partial charge in [-0.1, -0.05) is 0 Å². The average molecular weight is 292 g/mol. The van der Waals surface area contributed by atoms with Crippen molar-refractivity contribution in [1.29, 1.82) is 0 Å². The van der Waals surface area contributed by atoms with Gasteiger partial charge in [-0.2, -0.15) is 0 Å². The van der Waals surface area contributed by atoms with Crippen LogP contribution in [-0.2, 0) is 14.3 Å². The summed E-state index contributed by atoms with van der Waals surface area (Å²) in [5, 5.41) is 3.05. The molecule has 3 rings (SSSR count). The molecular formula is C14H20N4O3. The molecule has 1 amide bonds. The Balaban J connectivity index is 1.56. The van der Waals surface area contributed by atoms with E-state index in [0.29, 0.717) is 38.9 Å². The molecule has 1 N–H and O–H groups in total. The van der Waals surface area contributed by atoms with Gasteiger partial charge in [-0.25, -0.2) is 9.97 Å². The molecule has 1 aromatic rings. The zero-order chi connectivity index (χ0) is 14.5. The van der Waals surface area contributed by atoms with Crippen LogP contribution in [0, 0.1) is 0 Å². The Morgan fingerprint density at radius 3 is 2.76 bits per heavy atom. The van der Waals surface area contributed by atoms with Crippen LogP contribution < -0.4 is 10.2 Å². The van der Waals surface area contributed by atoms with Crippen LogP contribution in [0.3, 0.4) is 0 Å². The number of hydrogen-bond donors (Lipinski definition) is 1.